The number of allylic oxidation sites excluding steroid dienone is 4. The number of aryl methyl sites for hydroxylation is 1. The van der Waals surface area contributed by atoms with E-state index < -0.39 is 17.8 Å². The Balaban J connectivity index is 1.61. The summed E-state index contributed by atoms with van der Waals surface area (Å²) in [5, 5.41) is 6.61. The molecule has 1 aromatic rings. The summed E-state index contributed by atoms with van der Waals surface area (Å²) in [6, 6.07) is 3.81. The molecule has 0 fully saturated rings. The Bertz CT molecular complexity index is 940. The number of benzene rings is 1. The Morgan fingerprint density at radius 2 is 2.04 bits per heavy atom. The minimum atomic E-state index is -4.41. The first-order valence-electron chi connectivity index (χ1n) is 8.82. The Morgan fingerprint density at radius 1 is 1.21 bits per heavy atom. The van der Waals surface area contributed by atoms with E-state index >= 15 is 0 Å². The van der Waals surface area contributed by atoms with Gasteiger partial charge in [-0.15, -0.1) is 0 Å². The van der Waals surface area contributed by atoms with Gasteiger partial charge in [0.1, 0.15) is 5.82 Å². The summed E-state index contributed by atoms with van der Waals surface area (Å²) in [6.45, 7) is 2.83. The lowest BCUT2D eigenvalue weighted by atomic mass is 9.94. The van der Waals surface area contributed by atoms with E-state index in [-0.39, 0.29) is 5.82 Å². The van der Waals surface area contributed by atoms with E-state index in [0.717, 1.165) is 17.2 Å². The Hall–Kier alpha value is -3.03. The quantitative estimate of drug-likeness (QED) is 0.764. The molecule has 1 aromatic carbocycles. The molecule has 0 bridgehead atoms. The molecule has 0 aromatic heterocycles. The summed E-state index contributed by atoms with van der Waals surface area (Å²) in [5.41, 5.74) is 1.48. The van der Waals surface area contributed by atoms with Crippen LogP contribution < -0.4 is 5.32 Å². The number of rotatable bonds is 2. The Morgan fingerprint density at radius 3 is 2.82 bits per heavy atom. The summed E-state index contributed by atoms with van der Waals surface area (Å²) < 4.78 is 53.2. The second kappa shape index (κ2) is 6.85. The van der Waals surface area contributed by atoms with Crippen LogP contribution in [-0.4, -0.2) is 41.3 Å². The van der Waals surface area contributed by atoms with E-state index in [4.69, 9.17) is 0 Å². The molecule has 1 N–H and O–H groups in total. The number of aliphatic imine (C=N–C) groups is 1. The van der Waals surface area contributed by atoms with Gasteiger partial charge in [-0.1, -0.05) is 18.2 Å². The molecule has 1 aliphatic carbocycles. The highest BCUT2D eigenvalue weighted by molar-refractivity contribution is 5.95. The van der Waals surface area contributed by atoms with Crippen molar-refractivity contribution < 1.29 is 17.6 Å². The first-order chi connectivity index (χ1) is 13.3. The molecule has 146 valence electrons. The van der Waals surface area contributed by atoms with Crippen molar-refractivity contribution in [1.29, 1.82) is 0 Å². The topological polar surface area (TPSA) is 30.9 Å². The van der Waals surface area contributed by atoms with Crippen molar-refractivity contribution in [3.63, 3.8) is 0 Å². The minimum absolute atomic E-state index is 0.378. The average Bonchev–Trinajstić information content (AvgIpc) is 3.11. The van der Waals surface area contributed by atoms with Gasteiger partial charge in [-0.25, -0.2) is 9.38 Å². The highest BCUT2D eigenvalue weighted by Crippen LogP contribution is 2.34. The smallest absolute Gasteiger partial charge is 0.324 e. The van der Waals surface area contributed by atoms with Crippen LogP contribution in [0.4, 0.5) is 23.2 Å². The van der Waals surface area contributed by atoms with Crippen molar-refractivity contribution in [2.24, 2.45) is 4.99 Å². The fourth-order valence-electron chi connectivity index (χ4n) is 3.36. The van der Waals surface area contributed by atoms with Crippen LogP contribution >= 0.6 is 0 Å². The molecule has 1 atom stereocenters. The lowest BCUT2D eigenvalue weighted by Gasteiger charge is -2.41. The van der Waals surface area contributed by atoms with Crippen LogP contribution in [0.3, 0.4) is 0 Å². The van der Waals surface area contributed by atoms with Crippen molar-refractivity contribution in [3.8, 4) is 0 Å². The average molecular weight is 390 g/mol. The highest BCUT2D eigenvalue weighted by atomic mass is 19.4. The third kappa shape index (κ3) is 3.42. The van der Waals surface area contributed by atoms with Gasteiger partial charge in [0.25, 0.3) is 0 Å². The van der Waals surface area contributed by atoms with Crippen LogP contribution in [0.1, 0.15) is 5.56 Å². The molecule has 2 heterocycles. The van der Waals surface area contributed by atoms with Gasteiger partial charge < -0.3 is 5.32 Å². The molecule has 0 saturated heterocycles. The zero-order valence-corrected chi connectivity index (χ0v) is 15.0. The summed E-state index contributed by atoms with van der Waals surface area (Å²) in [5.74, 6) is 0.0904. The molecule has 4 rings (SSSR count). The van der Waals surface area contributed by atoms with Crippen LogP contribution in [0.25, 0.3) is 0 Å². The zero-order valence-electron chi connectivity index (χ0n) is 15.0. The van der Waals surface area contributed by atoms with Gasteiger partial charge in [-0.3, -0.25) is 10.0 Å². The molecule has 4 nitrogen and oxygen atoms in total. The second-order valence-electron chi connectivity index (χ2n) is 6.70. The molecule has 1 unspecified atom stereocenters. The maximum absolute atomic E-state index is 13.6. The SMILES string of the molecule is Cc1ccc(F)cc1NC1=NCCN1N1C=CC=C2C=CC(C(F)(F)F)=CC21. The van der Waals surface area contributed by atoms with Crippen molar-refractivity contribution in [2.45, 2.75) is 19.1 Å². The van der Waals surface area contributed by atoms with Gasteiger partial charge in [-0.05, 0) is 48.4 Å². The monoisotopic (exact) mass is 390 g/mol. The van der Waals surface area contributed by atoms with Gasteiger partial charge in [0, 0.05) is 11.9 Å². The molecule has 0 spiro atoms. The third-order valence-electron chi connectivity index (χ3n) is 4.82. The largest absolute Gasteiger partial charge is 0.416 e. The first kappa shape index (κ1) is 18.3. The molecular formula is C20H18F4N4. The van der Waals surface area contributed by atoms with E-state index in [1.54, 1.807) is 34.4 Å². The predicted molar refractivity (Wildman–Crippen MR) is 99.9 cm³/mol. The molecule has 3 aliphatic rings. The van der Waals surface area contributed by atoms with Crippen LogP contribution in [0.2, 0.25) is 0 Å². The zero-order chi connectivity index (χ0) is 19.9. The van der Waals surface area contributed by atoms with Crippen molar-refractivity contribution in [3.05, 3.63) is 77.3 Å². The van der Waals surface area contributed by atoms with Crippen LogP contribution in [0, 0.1) is 12.7 Å². The molecule has 8 heteroatoms. The van der Waals surface area contributed by atoms with Gasteiger partial charge in [0.05, 0.1) is 24.7 Å². The fraction of sp³-hybridized carbons (Fsp3) is 0.250. The number of halogens is 4. The molecule has 0 radical (unpaired) electrons. The minimum Gasteiger partial charge on any atom is -0.324 e. The predicted octanol–water partition coefficient (Wildman–Crippen LogP) is 4.32. The highest BCUT2D eigenvalue weighted by Gasteiger charge is 2.37. The molecular weight excluding hydrogens is 372 g/mol. The molecule has 0 amide bonds. The van der Waals surface area contributed by atoms with Crippen molar-refractivity contribution in [1.82, 2.24) is 10.0 Å². The maximum atomic E-state index is 13.6. The van der Waals surface area contributed by atoms with Gasteiger partial charge in [-0.2, -0.15) is 13.2 Å². The number of guanidine groups is 1. The lowest BCUT2D eigenvalue weighted by molar-refractivity contribution is -0.0891. The van der Waals surface area contributed by atoms with E-state index in [9.17, 15) is 17.6 Å². The van der Waals surface area contributed by atoms with Gasteiger partial charge in [0.15, 0.2) is 0 Å². The van der Waals surface area contributed by atoms with Crippen LogP contribution in [-0.2, 0) is 0 Å². The van der Waals surface area contributed by atoms with E-state index in [1.807, 2.05) is 6.92 Å². The number of nitrogens with zero attached hydrogens (tertiary/aromatic N) is 3. The first-order valence-corrected chi connectivity index (χ1v) is 8.82. The van der Waals surface area contributed by atoms with E-state index in [0.29, 0.717) is 24.7 Å². The molecule has 28 heavy (non-hydrogen) atoms. The number of alkyl halides is 3. The fourth-order valence-corrected chi connectivity index (χ4v) is 3.36. The van der Waals surface area contributed by atoms with E-state index in [1.165, 1.54) is 24.3 Å². The Labute approximate surface area is 159 Å². The summed E-state index contributed by atoms with van der Waals surface area (Å²) >= 11 is 0. The number of nitrogens with one attached hydrogen (secondary N) is 1. The number of hydrogen-bond donors (Lipinski definition) is 1. The number of anilines is 1. The van der Waals surface area contributed by atoms with E-state index in [2.05, 4.69) is 10.3 Å². The van der Waals surface area contributed by atoms with Crippen LogP contribution in [0.15, 0.2) is 70.9 Å². The second-order valence-corrected chi connectivity index (χ2v) is 6.70. The number of fused-ring (bicyclic) bond motifs is 1. The third-order valence-corrected chi connectivity index (χ3v) is 4.82. The summed E-state index contributed by atoms with van der Waals surface area (Å²) in [7, 11) is 0. The number of hydrazine groups is 1. The van der Waals surface area contributed by atoms with Gasteiger partial charge >= 0.3 is 6.18 Å². The Kier molecular flexibility index (Phi) is 4.49. The molecule has 2 aliphatic heterocycles. The summed E-state index contributed by atoms with van der Waals surface area (Å²) in [4.78, 5) is 4.42. The van der Waals surface area contributed by atoms with Crippen molar-refractivity contribution >= 4 is 11.6 Å². The van der Waals surface area contributed by atoms with Gasteiger partial charge in [0.2, 0.25) is 5.96 Å². The summed E-state index contributed by atoms with van der Waals surface area (Å²) in [6.07, 6.45) is 4.67. The molecule has 0 saturated carbocycles. The maximum Gasteiger partial charge on any atom is 0.416 e. The standard InChI is InChI=1S/C20H18F4N4/c1-13-4-7-16(21)12-17(13)26-19-25-8-10-28(19)27-9-2-3-14-5-6-15(11-18(14)27)20(22,23)24/h2-7,9,11-12,18H,8,10H2,1H3,(H,25,26). The normalized spacial score (nSPS) is 21.3. The number of hydrogen-bond acceptors (Lipinski definition) is 4. The van der Waals surface area contributed by atoms with Crippen molar-refractivity contribution in [2.75, 3.05) is 18.4 Å². The van der Waals surface area contributed by atoms with Crippen LogP contribution in [0.5, 0.6) is 0 Å². The lowest BCUT2D eigenvalue weighted by Crippen LogP contribution is -2.50.